The lowest BCUT2D eigenvalue weighted by molar-refractivity contribution is -0.143. The fourth-order valence-corrected chi connectivity index (χ4v) is 4.19. The van der Waals surface area contributed by atoms with Gasteiger partial charge >= 0.3 is 5.97 Å². The third-order valence-electron chi connectivity index (χ3n) is 5.69. The smallest absolute Gasteiger partial charge is 0.326 e. The molecule has 0 spiro atoms. The molecule has 1 aromatic heterocycles. The minimum Gasteiger partial charge on any atom is -0.480 e. The van der Waals surface area contributed by atoms with E-state index < -0.39 is 12.0 Å². The Labute approximate surface area is 168 Å². The van der Waals surface area contributed by atoms with Crippen LogP contribution in [0.15, 0.2) is 24.3 Å². The number of piperidine rings is 1. The Morgan fingerprint density at radius 1 is 1.14 bits per heavy atom. The van der Waals surface area contributed by atoms with Gasteiger partial charge in [-0.25, -0.2) is 4.79 Å². The zero-order valence-corrected chi connectivity index (χ0v) is 16.1. The summed E-state index contributed by atoms with van der Waals surface area (Å²) in [6, 6.07) is 5.82. The number of benzene rings is 1. The Kier molecular flexibility index (Phi) is 5.33. The topological polar surface area (TPSA) is 115 Å². The molecule has 2 amide bonds. The highest BCUT2D eigenvalue weighted by Crippen LogP contribution is 2.24. The number of hydrogen-bond acceptors (Lipinski definition) is 4. The van der Waals surface area contributed by atoms with Crippen LogP contribution in [0.3, 0.4) is 0 Å². The van der Waals surface area contributed by atoms with Gasteiger partial charge in [0.1, 0.15) is 6.04 Å². The number of fused-ring (bicyclic) bond motifs is 1. The third kappa shape index (κ3) is 3.87. The molecule has 8 heteroatoms. The van der Waals surface area contributed by atoms with Gasteiger partial charge in [-0.15, -0.1) is 0 Å². The van der Waals surface area contributed by atoms with E-state index in [0.717, 1.165) is 49.8 Å². The number of H-pyrrole nitrogens is 1. The van der Waals surface area contributed by atoms with Crippen molar-refractivity contribution in [2.24, 2.45) is 0 Å². The predicted molar refractivity (Wildman–Crippen MR) is 106 cm³/mol. The van der Waals surface area contributed by atoms with Crippen LogP contribution >= 0.6 is 0 Å². The number of amides is 2. The Hall–Kier alpha value is -3.16. The zero-order valence-electron chi connectivity index (χ0n) is 16.1. The number of nitrogens with zero attached hydrogens (tertiary/aromatic N) is 2. The first kappa shape index (κ1) is 19.2. The van der Waals surface area contributed by atoms with Gasteiger partial charge in [0.15, 0.2) is 5.69 Å². The van der Waals surface area contributed by atoms with Gasteiger partial charge in [-0.1, -0.05) is 6.07 Å². The quantitative estimate of drug-likeness (QED) is 0.735. The lowest BCUT2D eigenvalue weighted by Gasteiger charge is -2.33. The van der Waals surface area contributed by atoms with Gasteiger partial charge in [0.2, 0.25) is 0 Å². The molecule has 2 aromatic rings. The van der Waals surface area contributed by atoms with E-state index in [4.69, 9.17) is 0 Å². The Morgan fingerprint density at radius 2 is 1.97 bits per heavy atom. The maximum absolute atomic E-state index is 12.9. The standard InChI is InChI=1S/C21H24N4O4/c26-19(18-15-8-1-2-9-16(15)23-24-18)22-14-7-5-6-13(12-14)20(27)25-11-4-3-10-17(25)21(28)29/h5-7,12,17H,1-4,8-11H2,(H,22,26)(H,23,24)(H,28,29). The Balaban J connectivity index is 1.51. The van der Waals surface area contributed by atoms with E-state index in [2.05, 4.69) is 15.5 Å². The number of carbonyl (C=O) groups excluding carboxylic acids is 2. The maximum atomic E-state index is 12.9. The molecule has 29 heavy (non-hydrogen) atoms. The number of carbonyl (C=O) groups is 3. The third-order valence-corrected chi connectivity index (χ3v) is 5.69. The molecule has 0 bridgehead atoms. The molecule has 1 atom stereocenters. The van der Waals surface area contributed by atoms with E-state index in [-0.39, 0.29) is 11.8 Å². The molecule has 0 saturated carbocycles. The molecule has 1 aromatic carbocycles. The summed E-state index contributed by atoms with van der Waals surface area (Å²) in [5, 5.41) is 19.4. The second kappa shape index (κ2) is 8.06. The van der Waals surface area contributed by atoms with E-state index in [9.17, 15) is 19.5 Å². The van der Waals surface area contributed by atoms with Crippen molar-refractivity contribution in [2.45, 2.75) is 51.0 Å². The van der Waals surface area contributed by atoms with Crippen LogP contribution in [0.2, 0.25) is 0 Å². The minimum absolute atomic E-state index is 0.310. The van der Waals surface area contributed by atoms with Gasteiger partial charge in [0, 0.05) is 29.1 Å². The molecular weight excluding hydrogens is 372 g/mol. The summed E-state index contributed by atoms with van der Waals surface area (Å²) in [4.78, 5) is 38.5. The van der Waals surface area contributed by atoms with Crippen molar-refractivity contribution >= 4 is 23.5 Å². The van der Waals surface area contributed by atoms with Crippen LogP contribution in [0.1, 0.15) is 64.2 Å². The van der Waals surface area contributed by atoms with Crippen molar-refractivity contribution < 1.29 is 19.5 Å². The molecule has 1 saturated heterocycles. The second-order valence-corrected chi connectivity index (χ2v) is 7.62. The molecule has 8 nitrogen and oxygen atoms in total. The van der Waals surface area contributed by atoms with Crippen molar-refractivity contribution in [3.63, 3.8) is 0 Å². The largest absolute Gasteiger partial charge is 0.480 e. The number of aromatic amines is 1. The first-order valence-corrected chi connectivity index (χ1v) is 10.1. The highest BCUT2D eigenvalue weighted by Gasteiger charge is 2.32. The number of carboxylic acid groups (broad SMARTS) is 1. The molecule has 1 fully saturated rings. The molecule has 0 radical (unpaired) electrons. The van der Waals surface area contributed by atoms with Gasteiger partial charge in [-0.2, -0.15) is 5.10 Å². The van der Waals surface area contributed by atoms with Gasteiger partial charge < -0.3 is 15.3 Å². The molecular formula is C21H24N4O4. The normalized spacial score (nSPS) is 18.8. The van der Waals surface area contributed by atoms with Crippen LogP contribution in [-0.2, 0) is 17.6 Å². The molecule has 1 aliphatic heterocycles. The summed E-state index contributed by atoms with van der Waals surface area (Å²) in [6.45, 7) is 0.422. The van der Waals surface area contributed by atoms with Crippen LogP contribution in [-0.4, -0.2) is 50.6 Å². The minimum atomic E-state index is -0.981. The first-order valence-electron chi connectivity index (χ1n) is 10.1. The van der Waals surface area contributed by atoms with E-state index in [0.29, 0.717) is 29.9 Å². The number of likely N-dealkylation sites (tertiary alicyclic amines) is 1. The lowest BCUT2D eigenvalue weighted by Crippen LogP contribution is -2.48. The number of aliphatic carboxylic acids is 1. The molecule has 2 heterocycles. The fourth-order valence-electron chi connectivity index (χ4n) is 4.19. The van der Waals surface area contributed by atoms with E-state index in [1.807, 2.05) is 0 Å². The Bertz CT molecular complexity index is 952. The molecule has 1 unspecified atom stereocenters. The lowest BCUT2D eigenvalue weighted by atomic mass is 9.96. The summed E-state index contributed by atoms with van der Waals surface area (Å²) >= 11 is 0. The van der Waals surface area contributed by atoms with E-state index in [1.165, 1.54) is 4.90 Å². The SMILES string of the molecule is O=C(Nc1cccc(C(=O)N2CCCCC2C(=O)O)c1)c1n[nH]c2c1CCCC2. The van der Waals surface area contributed by atoms with Gasteiger partial charge in [-0.05, 0) is 63.1 Å². The number of nitrogens with one attached hydrogen (secondary N) is 2. The molecule has 1 aliphatic carbocycles. The van der Waals surface area contributed by atoms with Gasteiger partial charge in [0.05, 0.1) is 0 Å². The van der Waals surface area contributed by atoms with Gasteiger partial charge in [0.25, 0.3) is 11.8 Å². The monoisotopic (exact) mass is 396 g/mol. The fraction of sp³-hybridized carbons (Fsp3) is 0.429. The summed E-state index contributed by atoms with van der Waals surface area (Å²) in [7, 11) is 0. The number of rotatable bonds is 4. The van der Waals surface area contributed by atoms with Crippen LogP contribution in [0.5, 0.6) is 0 Å². The Morgan fingerprint density at radius 3 is 2.79 bits per heavy atom. The molecule has 4 rings (SSSR count). The number of anilines is 1. The number of carboxylic acids is 1. The molecule has 3 N–H and O–H groups in total. The van der Waals surface area contributed by atoms with Crippen LogP contribution in [0.4, 0.5) is 5.69 Å². The van der Waals surface area contributed by atoms with Crippen molar-refractivity contribution in [1.29, 1.82) is 0 Å². The number of aromatic nitrogens is 2. The van der Waals surface area contributed by atoms with Gasteiger partial charge in [-0.3, -0.25) is 14.7 Å². The number of hydrogen-bond donors (Lipinski definition) is 3. The highest BCUT2D eigenvalue weighted by molar-refractivity contribution is 6.05. The second-order valence-electron chi connectivity index (χ2n) is 7.62. The van der Waals surface area contributed by atoms with Crippen LogP contribution < -0.4 is 5.32 Å². The maximum Gasteiger partial charge on any atom is 0.326 e. The van der Waals surface area contributed by atoms with Crippen LogP contribution in [0.25, 0.3) is 0 Å². The summed E-state index contributed by atoms with van der Waals surface area (Å²) in [5.41, 5.74) is 3.24. The highest BCUT2D eigenvalue weighted by atomic mass is 16.4. The average molecular weight is 396 g/mol. The molecule has 2 aliphatic rings. The van der Waals surface area contributed by atoms with Crippen molar-refractivity contribution in [2.75, 3.05) is 11.9 Å². The predicted octanol–water partition coefficient (Wildman–Crippen LogP) is 2.62. The summed E-state index contributed by atoms with van der Waals surface area (Å²) < 4.78 is 0. The summed E-state index contributed by atoms with van der Waals surface area (Å²) in [5.74, 6) is -1.62. The average Bonchev–Trinajstić information content (AvgIpc) is 3.18. The zero-order chi connectivity index (χ0) is 20.4. The number of aryl methyl sites for hydroxylation is 1. The van der Waals surface area contributed by atoms with E-state index >= 15 is 0 Å². The van der Waals surface area contributed by atoms with Crippen molar-refractivity contribution in [1.82, 2.24) is 15.1 Å². The van der Waals surface area contributed by atoms with Crippen molar-refractivity contribution in [3.8, 4) is 0 Å². The molecule has 152 valence electrons. The summed E-state index contributed by atoms with van der Waals surface area (Å²) in [6.07, 6.45) is 5.91. The van der Waals surface area contributed by atoms with Crippen molar-refractivity contribution in [3.05, 3.63) is 46.8 Å². The first-order chi connectivity index (χ1) is 14.0. The van der Waals surface area contributed by atoms with E-state index in [1.54, 1.807) is 24.3 Å². The van der Waals surface area contributed by atoms with Crippen LogP contribution in [0, 0.1) is 0 Å².